The van der Waals surface area contributed by atoms with Crippen molar-refractivity contribution in [2.24, 2.45) is 5.73 Å². The zero-order chi connectivity index (χ0) is 12.3. The summed E-state index contributed by atoms with van der Waals surface area (Å²) in [5.41, 5.74) is 6.39. The van der Waals surface area contributed by atoms with Crippen LogP contribution in [-0.2, 0) is 4.74 Å². The molecule has 0 bridgehead atoms. The highest BCUT2D eigenvalue weighted by molar-refractivity contribution is 5.90. The topological polar surface area (TPSA) is 68.5 Å². The molecule has 1 aromatic heterocycles. The largest absolute Gasteiger partial charge is 0.465 e. The SMILES string of the molecule is COC(=O)c1ccnc(N2CCC(N)CC2)c1.Cl. The number of pyridine rings is 1. The van der Waals surface area contributed by atoms with Crippen LogP contribution < -0.4 is 10.6 Å². The lowest BCUT2D eigenvalue weighted by Gasteiger charge is -2.31. The van der Waals surface area contributed by atoms with E-state index in [4.69, 9.17) is 10.5 Å². The minimum Gasteiger partial charge on any atom is -0.465 e. The fourth-order valence-corrected chi connectivity index (χ4v) is 1.96. The molecule has 1 fully saturated rings. The number of ether oxygens (including phenoxy) is 1. The highest BCUT2D eigenvalue weighted by Gasteiger charge is 2.18. The Morgan fingerprint density at radius 1 is 1.50 bits per heavy atom. The summed E-state index contributed by atoms with van der Waals surface area (Å²) in [6.45, 7) is 1.78. The number of carbonyl (C=O) groups is 1. The maximum absolute atomic E-state index is 11.4. The van der Waals surface area contributed by atoms with E-state index in [1.165, 1.54) is 7.11 Å². The lowest BCUT2D eigenvalue weighted by molar-refractivity contribution is 0.0600. The number of anilines is 1. The van der Waals surface area contributed by atoms with Crippen molar-refractivity contribution in [3.05, 3.63) is 23.9 Å². The van der Waals surface area contributed by atoms with Crippen molar-refractivity contribution in [2.45, 2.75) is 18.9 Å². The first kappa shape index (κ1) is 14.7. The smallest absolute Gasteiger partial charge is 0.338 e. The number of aromatic nitrogens is 1. The van der Waals surface area contributed by atoms with Gasteiger partial charge in [0.15, 0.2) is 0 Å². The van der Waals surface area contributed by atoms with Crippen molar-refractivity contribution in [1.29, 1.82) is 0 Å². The number of rotatable bonds is 2. The fraction of sp³-hybridized carbons (Fsp3) is 0.500. The summed E-state index contributed by atoms with van der Waals surface area (Å²) in [4.78, 5) is 17.8. The molecule has 100 valence electrons. The molecule has 2 rings (SSSR count). The summed E-state index contributed by atoms with van der Waals surface area (Å²) in [6, 6.07) is 3.71. The van der Waals surface area contributed by atoms with Crippen molar-refractivity contribution in [2.75, 3.05) is 25.1 Å². The normalized spacial score (nSPS) is 16.0. The molecule has 2 N–H and O–H groups in total. The van der Waals surface area contributed by atoms with Crippen molar-refractivity contribution in [1.82, 2.24) is 4.98 Å². The number of halogens is 1. The summed E-state index contributed by atoms with van der Waals surface area (Å²) in [5.74, 6) is 0.488. The Morgan fingerprint density at radius 3 is 2.78 bits per heavy atom. The molecule has 0 spiro atoms. The Bertz CT molecular complexity index is 406. The summed E-state index contributed by atoms with van der Waals surface area (Å²) in [5, 5.41) is 0. The third-order valence-electron chi connectivity index (χ3n) is 3.03. The zero-order valence-corrected chi connectivity index (χ0v) is 11.2. The molecule has 6 heteroatoms. The average Bonchev–Trinajstić information content (AvgIpc) is 2.39. The van der Waals surface area contributed by atoms with Gasteiger partial charge in [0.25, 0.3) is 0 Å². The van der Waals surface area contributed by atoms with Crippen molar-refractivity contribution < 1.29 is 9.53 Å². The Hall–Kier alpha value is -1.33. The van der Waals surface area contributed by atoms with E-state index in [9.17, 15) is 4.79 Å². The van der Waals surface area contributed by atoms with Crippen molar-refractivity contribution >= 4 is 24.2 Å². The number of hydrogen-bond donors (Lipinski definition) is 1. The number of hydrogen-bond acceptors (Lipinski definition) is 5. The molecule has 1 aliphatic rings. The van der Waals surface area contributed by atoms with Gasteiger partial charge in [0, 0.05) is 25.3 Å². The molecule has 0 unspecified atom stereocenters. The quantitative estimate of drug-likeness (QED) is 0.819. The van der Waals surface area contributed by atoms with Gasteiger partial charge in [-0.3, -0.25) is 0 Å². The van der Waals surface area contributed by atoms with Crippen LogP contribution >= 0.6 is 12.4 Å². The highest BCUT2D eigenvalue weighted by atomic mass is 35.5. The third-order valence-corrected chi connectivity index (χ3v) is 3.03. The average molecular weight is 272 g/mol. The summed E-state index contributed by atoms with van der Waals surface area (Å²) in [7, 11) is 1.38. The Morgan fingerprint density at radius 2 is 2.17 bits per heavy atom. The van der Waals surface area contributed by atoms with E-state index in [1.807, 2.05) is 0 Å². The van der Waals surface area contributed by atoms with Crippen LogP contribution in [-0.4, -0.2) is 37.2 Å². The minimum atomic E-state index is -0.331. The monoisotopic (exact) mass is 271 g/mol. The number of nitrogens with zero attached hydrogens (tertiary/aromatic N) is 2. The van der Waals surface area contributed by atoms with Gasteiger partial charge >= 0.3 is 5.97 Å². The maximum atomic E-state index is 11.4. The molecule has 0 radical (unpaired) electrons. The number of methoxy groups -OCH3 is 1. The van der Waals surface area contributed by atoms with Gasteiger partial charge in [0.1, 0.15) is 5.82 Å². The molecule has 0 atom stereocenters. The molecule has 0 aliphatic carbocycles. The third kappa shape index (κ3) is 3.34. The predicted octanol–water partition coefficient (Wildman–Crippen LogP) is 1.22. The van der Waals surface area contributed by atoms with Crippen molar-refractivity contribution in [3.63, 3.8) is 0 Å². The van der Waals surface area contributed by atoms with Gasteiger partial charge in [0.2, 0.25) is 0 Å². The lowest BCUT2D eigenvalue weighted by atomic mass is 10.1. The zero-order valence-electron chi connectivity index (χ0n) is 10.3. The first-order valence-corrected chi connectivity index (χ1v) is 5.75. The van der Waals surface area contributed by atoms with Gasteiger partial charge in [0.05, 0.1) is 12.7 Å². The Labute approximate surface area is 113 Å². The molecule has 2 heterocycles. The molecule has 0 saturated carbocycles. The van der Waals surface area contributed by atoms with Gasteiger partial charge in [-0.1, -0.05) is 0 Å². The number of nitrogens with two attached hydrogens (primary N) is 1. The Balaban J connectivity index is 0.00000162. The van der Waals surface area contributed by atoms with Gasteiger partial charge in [-0.25, -0.2) is 9.78 Å². The molecule has 5 nitrogen and oxygen atoms in total. The van der Waals surface area contributed by atoms with Crippen LogP contribution in [0.25, 0.3) is 0 Å². The second-order valence-electron chi connectivity index (χ2n) is 4.22. The molecule has 0 aromatic carbocycles. The van der Waals surface area contributed by atoms with Crippen LogP contribution in [0.4, 0.5) is 5.82 Å². The lowest BCUT2D eigenvalue weighted by Crippen LogP contribution is -2.40. The number of esters is 1. The van der Waals surface area contributed by atoms with Crippen LogP contribution in [0.2, 0.25) is 0 Å². The molecular formula is C12H18ClN3O2. The van der Waals surface area contributed by atoms with Gasteiger partial charge in [-0.2, -0.15) is 0 Å². The molecule has 1 aliphatic heterocycles. The summed E-state index contributed by atoms with van der Waals surface area (Å²) >= 11 is 0. The second kappa shape index (κ2) is 6.56. The fourth-order valence-electron chi connectivity index (χ4n) is 1.96. The first-order valence-electron chi connectivity index (χ1n) is 5.75. The van der Waals surface area contributed by atoms with E-state index >= 15 is 0 Å². The van der Waals surface area contributed by atoms with Crippen LogP contribution in [0.1, 0.15) is 23.2 Å². The van der Waals surface area contributed by atoms with Gasteiger partial charge in [-0.05, 0) is 25.0 Å². The standard InChI is InChI=1S/C12H17N3O2.ClH/c1-17-12(16)9-2-5-14-11(8-9)15-6-3-10(13)4-7-15;/h2,5,8,10H,3-4,6-7,13H2,1H3;1H. The first-order chi connectivity index (χ1) is 8.20. The number of piperidine rings is 1. The Kier molecular flexibility index (Phi) is 5.37. The van der Waals surface area contributed by atoms with Gasteiger partial charge in [-0.15, -0.1) is 12.4 Å². The molecule has 18 heavy (non-hydrogen) atoms. The van der Waals surface area contributed by atoms with E-state index in [-0.39, 0.29) is 24.4 Å². The van der Waals surface area contributed by atoms with E-state index in [0.717, 1.165) is 31.7 Å². The van der Waals surface area contributed by atoms with Crippen LogP contribution in [0.5, 0.6) is 0 Å². The molecule has 1 aromatic rings. The van der Waals surface area contributed by atoms with E-state index in [2.05, 4.69) is 9.88 Å². The van der Waals surface area contributed by atoms with Crippen LogP contribution in [0.15, 0.2) is 18.3 Å². The van der Waals surface area contributed by atoms with Crippen LogP contribution in [0.3, 0.4) is 0 Å². The molecular weight excluding hydrogens is 254 g/mol. The summed E-state index contributed by atoms with van der Waals surface area (Å²) < 4.78 is 4.69. The van der Waals surface area contributed by atoms with E-state index in [0.29, 0.717) is 5.56 Å². The molecule has 1 saturated heterocycles. The van der Waals surface area contributed by atoms with Gasteiger partial charge < -0.3 is 15.4 Å². The molecule has 0 amide bonds. The van der Waals surface area contributed by atoms with Crippen molar-refractivity contribution in [3.8, 4) is 0 Å². The predicted molar refractivity (Wildman–Crippen MR) is 72.2 cm³/mol. The van der Waals surface area contributed by atoms with E-state index < -0.39 is 0 Å². The maximum Gasteiger partial charge on any atom is 0.338 e. The van der Waals surface area contributed by atoms with Crippen LogP contribution in [0, 0.1) is 0 Å². The number of carbonyl (C=O) groups excluding carboxylic acids is 1. The highest BCUT2D eigenvalue weighted by Crippen LogP contribution is 2.18. The minimum absolute atomic E-state index is 0. The second-order valence-corrected chi connectivity index (χ2v) is 4.22. The summed E-state index contributed by atoms with van der Waals surface area (Å²) in [6.07, 6.45) is 3.56. The van der Waals surface area contributed by atoms with E-state index in [1.54, 1.807) is 18.3 Å².